The number of nitro benzene ring substituents is 1. The van der Waals surface area contributed by atoms with E-state index in [1.807, 2.05) is 0 Å². The summed E-state index contributed by atoms with van der Waals surface area (Å²) in [7, 11) is 0. The first kappa shape index (κ1) is 11.8. The Morgan fingerprint density at radius 3 is 2.44 bits per heavy atom. The number of carbonyl (C=O) groups is 1. The molecule has 0 atom stereocenters. The molecule has 0 aromatic heterocycles. The number of carbonyl (C=O) groups excluding carboxylic acids is 1. The Morgan fingerprint density at radius 1 is 1.17 bits per heavy atom. The van der Waals surface area contributed by atoms with Crippen molar-refractivity contribution in [1.29, 1.82) is 0 Å². The number of non-ortho nitro benzene ring substituents is 1. The number of ether oxygens (including phenoxy) is 1. The molecule has 0 aliphatic rings. The fraction of sp³-hybridized carbons (Fsp3) is 0. The molecule has 0 amide bonds. The highest BCUT2D eigenvalue weighted by molar-refractivity contribution is 5.91. The van der Waals surface area contributed by atoms with Crippen LogP contribution >= 0.6 is 0 Å². The molecule has 0 bridgehead atoms. The van der Waals surface area contributed by atoms with Gasteiger partial charge >= 0.3 is 5.97 Å². The van der Waals surface area contributed by atoms with Gasteiger partial charge in [0, 0.05) is 18.2 Å². The van der Waals surface area contributed by atoms with Crippen molar-refractivity contribution < 1.29 is 14.5 Å². The SMILES string of the molecule is O=C(Oc1[c]cccc1)c1ccc([N+](=O)[O-])cc1. The monoisotopic (exact) mass is 242 g/mol. The summed E-state index contributed by atoms with van der Waals surface area (Å²) in [4.78, 5) is 21.6. The fourth-order valence-electron chi connectivity index (χ4n) is 1.32. The van der Waals surface area contributed by atoms with Gasteiger partial charge in [0.15, 0.2) is 0 Å². The Bertz CT molecular complexity index is 563. The summed E-state index contributed by atoms with van der Waals surface area (Å²) < 4.78 is 5.04. The lowest BCUT2D eigenvalue weighted by atomic mass is 10.2. The van der Waals surface area contributed by atoms with Crippen LogP contribution < -0.4 is 4.74 Å². The molecule has 0 unspecified atom stereocenters. The van der Waals surface area contributed by atoms with Gasteiger partial charge in [-0.2, -0.15) is 0 Å². The van der Waals surface area contributed by atoms with E-state index >= 15 is 0 Å². The quantitative estimate of drug-likeness (QED) is 0.359. The molecule has 89 valence electrons. The van der Waals surface area contributed by atoms with Crippen LogP contribution in [0.5, 0.6) is 5.75 Å². The van der Waals surface area contributed by atoms with Crippen LogP contribution in [0.1, 0.15) is 10.4 Å². The highest BCUT2D eigenvalue weighted by atomic mass is 16.6. The minimum Gasteiger partial charge on any atom is -0.422 e. The van der Waals surface area contributed by atoms with Gasteiger partial charge in [0.25, 0.3) is 5.69 Å². The summed E-state index contributed by atoms with van der Waals surface area (Å²) in [6.45, 7) is 0. The van der Waals surface area contributed by atoms with Crippen molar-refractivity contribution in [3.8, 4) is 5.75 Å². The molecule has 0 aliphatic carbocycles. The number of hydrogen-bond donors (Lipinski definition) is 0. The number of benzene rings is 2. The first-order valence-electron chi connectivity index (χ1n) is 5.10. The summed E-state index contributed by atoms with van der Waals surface area (Å²) >= 11 is 0. The van der Waals surface area contributed by atoms with Crippen LogP contribution in [0.4, 0.5) is 5.69 Å². The number of hydrogen-bond acceptors (Lipinski definition) is 4. The van der Waals surface area contributed by atoms with E-state index in [0.29, 0.717) is 5.75 Å². The Kier molecular flexibility index (Phi) is 3.33. The van der Waals surface area contributed by atoms with Gasteiger partial charge in [-0.3, -0.25) is 10.1 Å². The lowest BCUT2D eigenvalue weighted by molar-refractivity contribution is -0.384. The second kappa shape index (κ2) is 5.09. The minimum absolute atomic E-state index is 0.0715. The average molecular weight is 242 g/mol. The Labute approximate surface area is 103 Å². The van der Waals surface area contributed by atoms with Crippen molar-refractivity contribution in [1.82, 2.24) is 0 Å². The zero-order valence-corrected chi connectivity index (χ0v) is 9.20. The van der Waals surface area contributed by atoms with Crippen LogP contribution in [-0.4, -0.2) is 10.9 Å². The molecular weight excluding hydrogens is 234 g/mol. The second-order valence-corrected chi connectivity index (χ2v) is 3.42. The molecule has 2 aromatic rings. The molecule has 2 rings (SSSR count). The number of rotatable bonds is 3. The highest BCUT2D eigenvalue weighted by Crippen LogP contribution is 2.14. The van der Waals surface area contributed by atoms with Gasteiger partial charge in [-0.05, 0) is 18.2 Å². The summed E-state index contributed by atoms with van der Waals surface area (Å²) in [6, 6.07) is 14.7. The second-order valence-electron chi connectivity index (χ2n) is 3.42. The van der Waals surface area contributed by atoms with E-state index in [1.54, 1.807) is 24.3 Å². The van der Waals surface area contributed by atoms with Gasteiger partial charge < -0.3 is 4.74 Å². The van der Waals surface area contributed by atoms with Crippen LogP contribution in [0.2, 0.25) is 0 Å². The Morgan fingerprint density at radius 2 is 1.89 bits per heavy atom. The topological polar surface area (TPSA) is 69.4 Å². The molecular formula is C13H8NO4. The molecule has 0 aliphatic heterocycles. The molecule has 2 aromatic carbocycles. The van der Waals surface area contributed by atoms with Crippen molar-refractivity contribution in [3.05, 3.63) is 70.3 Å². The van der Waals surface area contributed by atoms with Gasteiger partial charge in [-0.1, -0.05) is 18.2 Å². The van der Waals surface area contributed by atoms with E-state index in [0.717, 1.165) is 0 Å². The molecule has 5 nitrogen and oxygen atoms in total. The van der Waals surface area contributed by atoms with Crippen LogP contribution in [0, 0.1) is 16.2 Å². The van der Waals surface area contributed by atoms with E-state index in [2.05, 4.69) is 6.07 Å². The highest BCUT2D eigenvalue weighted by Gasteiger charge is 2.11. The first-order chi connectivity index (χ1) is 8.66. The maximum Gasteiger partial charge on any atom is 0.343 e. The normalized spacial score (nSPS) is 9.78. The zero-order chi connectivity index (χ0) is 13.0. The summed E-state index contributed by atoms with van der Waals surface area (Å²) in [5.41, 5.74) is 0.177. The number of para-hydroxylation sites is 1. The number of esters is 1. The fourth-order valence-corrected chi connectivity index (χ4v) is 1.32. The molecule has 0 spiro atoms. The maximum atomic E-state index is 11.7. The van der Waals surface area contributed by atoms with Crippen molar-refractivity contribution in [2.75, 3.05) is 0 Å². The molecule has 18 heavy (non-hydrogen) atoms. The van der Waals surface area contributed by atoms with Crippen LogP contribution in [0.25, 0.3) is 0 Å². The van der Waals surface area contributed by atoms with E-state index in [4.69, 9.17) is 4.74 Å². The van der Waals surface area contributed by atoms with Crippen molar-refractivity contribution >= 4 is 11.7 Å². The maximum absolute atomic E-state index is 11.7. The smallest absolute Gasteiger partial charge is 0.343 e. The lowest BCUT2D eigenvalue weighted by Gasteiger charge is -2.03. The lowest BCUT2D eigenvalue weighted by Crippen LogP contribution is -2.08. The molecule has 0 N–H and O–H groups in total. The van der Waals surface area contributed by atoms with E-state index < -0.39 is 10.9 Å². The summed E-state index contributed by atoms with van der Waals surface area (Å²) in [5.74, 6) is -0.270. The summed E-state index contributed by atoms with van der Waals surface area (Å²) in [5, 5.41) is 10.5. The number of nitro groups is 1. The molecule has 0 heterocycles. The molecule has 1 radical (unpaired) electrons. The molecule has 0 fully saturated rings. The third kappa shape index (κ3) is 2.70. The average Bonchev–Trinajstić information content (AvgIpc) is 2.40. The van der Waals surface area contributed by atoms with Gasteiger partial charge in [-0.25, -0.2) is 4.79 Å². The predicted octanol–water partition coefficient (Wildman–Crippen LogP) is 2.61. The standard InChI is InChI=1S/C13H8NO4/c15-13(18-12-4-2-1-3-5-12)10-6-8-11(9-7-10)14(16)17/h1-4,6-9H. The van der Waals surface area contributed by atoms with Crippen molar-refractivity contribution in [3.63, 3.8) is 0 Å². The van der Waals surface area contributed by atoms with Crippen LogP contribution in [-0.2, 0) is 0 Å². The van der Waals surface area contributed by atoms with Gasteiger partial charge in [-0.15, -0.1) is 0 Å². The summed E-state index contributed by atoms with van der Waals surface area (Å²) in [6.07, 6.45) is 0. The Balaban J connectivity index is 2.12. The largest absolute Gasteiger partial charge is 0.422 e. The molecule has 0 saturated heterocycles. The van der Waals surface area contributed by atoms with Gasteiger partial charge in [0.1, 0.15) is 5.75 Å². The third-order valence-corrected chi connectivity index (χ3v) is 2.20. The van der Waals surface area contributed by atoms with E-state index in [1.165, 1.54) is 24.3 Å². The van der Waals surface area contributed by atoms with Gasteiger partial charge in [0.05, 0.1) is 10.5 Å². The van der Waals surface area contributed by atoms with Gasteiger partial charge in [0.2, 0.25) is 0 Å². The van der Waals surface area contributed by atoms with Crippen LogP contribution in [0.15, 0.2) is 48.5 Å². The number of nitrogens with zero attached hydrogens (tertiary/aromatic N) is 1. The first-order valence-corrected chi connectivity index (χ1v) is 5.10. The zero-order valence-electron chi connectivity index (χ0n) is 9.20. The molecule has 0 saturated carbocycles. The van der Waals surface area contributed by atoms with E-state index in [9.17, 15) is 14.9 Å². The predicted molar refractivity (Wildman–Crippen MR) is 63.3 cm³/mol. The van der Waals surface area contributed by atoms with Crippen molar-refractivity contribution in [2.45, 2.75) is 0 Å². The van der Waals surface area contributed by atoms with Crippen LogP contribution in [0.3, 0.4) is 0 Å². The third-order valence-electron chi connectivity index (χ3n) is 2.20. The molecule has 5 heteroatoms. The minimum atomic E-state index is -0.577. The Hall–Kier alpha value is -2.69. The van der Waals surface area contributed by atoms with Crippen molar-refractivity contribution in [2.24, 2.45) is 0 Å². The van der Waals surface area contributed by atoms with E-state index in [-0.39, 0.29) is 11.3 Å².